The van der Waals surface area contributed by atoms with Crippen molar-refractivity contribution in [2.45, 2.75) is 19.0 Å². The van der Waals surface area contributed by atoms with Crippen LogP contribution in [0.15, 0.2) is 75.6 Å². The minimum atomic E-state index is -4.38. The van der Waals surface area contributed by atoms with Crippen molar-refractivity contribution in [3.8, 4) is 0 Å². The molecule has 2 heterocycles. The van der Waals surface area contributed by atoms with Crippen molar-refractivity contribution in [2.24, 2.45) is 16.6 Å². The predicted molar refractivity (Wildman–Crippen MR) is 111 cm³/mol. The summed E-state index contributed by atoms with van der Waals surface area (Å²) < 4.78 is 36.9. The van der Waals surface area contributed by atoms with E-state index in [4.69, 9.17) is 16.6 Å². The number of nitrogens with zero attached hydrogens (tertiary/aromatic N) is 1. The van der Waals surface area contributed by atoms with Crippen LogP contribution in [0.5, 0.6) is 0 Å². The van der Waals surface area contributed by atoms with Crippen LogP contribution >= 0.6 is 0 Å². The fourth-order valence-corrected chi connectivity index (χ4v) is 2.85. The first-order valence-electron chi connectivity index (χ1n) is 9.23. The number of fused-ring (bicyclic) bond motifs is 1. The first kappa shape index (κ1) is 21.2. The van der Waals surface area contributed by atoms with Crippen LogP contribution in [0.2, 0.25) is 0 Å². The molecule has 1 fully saturated rings. The smallest absolute Gasteiger partial charge is 0.404 e. The third-order valence-corrected chi connectivity index (χ3v) is 4.47. The van der Waals surface area contributed by atoms with E-state index < -0.39 is 12.7 Å². The molecule has 30 heavy (non-hydrogen) atoms. The van der Waals surface area contributed by atoms with Crippen molar-refractivity contribution in [1.82, 2.24) is 16.0 Å². The second-order valence-electron chi connectivity index (χ2n) is 6.90. The minimum absolute atomic E-state index is 0.151. The fraction of sp³-hybridized carbons (Fsp3) is 0.250. The van der Waals surface area contributed by atoms with Crippen LogP contribution in [-0.2, 0) is 0 Å². The van der Waals surface area contributed by atoms with E-state index in [0.717, 1.165) is 30.3 Å². The van der Waals surface area contributed by atoms with E-state index in [1.807, 2.05) is 0 Å². The number of dihydropyridines is 2. The SMILES string of the molecule is N=CC(=CC(=N)NC1=CC=C2NC=C(C(C=NCC(F)(F)F)=CN)C=C2N1)C1CC1. The van der Waals surface area contributed by atoms with Gasteiger partial charge in [0.05, 0.1) is 11.4 Å². The first-order chi connectivity index (χ1) is 14.3. The van der Waals surface area contributed by atoms with Crippen molar-refractivity contribution >= 4 is 18.3 Å². The van der Waals surface area contributed by atoms with Gasteiger partial charge in [-0.15, -0.1) is 0 Å². The van der Waals surface area contributed by atoms with Crippen molar-refractivity contribution in [1.29, 1.82) is 10.8 Å². The monoisotopic (exact) mass is 417 g/mol. The molecular formula is C20H22F3N7. The van der Waals surface area contributed by atoms with Crippen LogP contribution in [0, 0.1) is 16.7 Å². The molecule has 3 rings (SSSR count). The van der Waals surface area contributed by atoms with Crippen LogP contribution in [0.4, 0.5) is 13.2 Å². The van der Waals surface area contributed by atoms with E-state index in [1.54, 1.807) is 30.5 Å². The van der Waals surface area contributed by atoms with E-state index in [1.165, 1.54) is 12.4 Å². The third kappa shape index (κ3) is 5.72. The number of hydrogen-bond donors (Lipinski definition) is 6. The highest BCUT2D eigenvalue weighted by Gasteiger charge is 2.26. The predicted octanol–water partition coefficient (Wildman–Crippen LogP) is 2.71. The summed E-state index contributed by atoms with van der Waals surface area (Å²) in [6.07, 6.45) is 9.80. The Bertz CT molecular complexity index is 942. The van der Waals surface area contributed by atoms with Gasteiger partial charge in [-0.3, -0.25) is 10.4 Å². The Labute approximate surface area is 171 Å². The fourth-order valence-electron chi connectivity index (χ4n) is 2.85. The lowest BCUT2D eigenvalue weighted by atomic mass is 10.0. The van der Waals surface area contributed by atoms with Crippen LogP contribution in [0.1, 0.15) is 12.8 Å². The number of rotatable bonds is 7. The number of halogens is 3. The first-order valence-corrected chi connectivity index (χ1v) is 9.23. The van der Waals surface area contributed by atoms with E-state index in [-0.39, 0.29) is 5.84 Å². The maximum Gasteiger partial charge on any atom is 0.407 e. The summed E-state index contributed by atoms with van der Waals surface area (Å²) in [4.78, 5) is 3.39. The lowest BCUT2D eigenvalue weighted by Gasteiger charge is -2.25. The van der Waals surface area contributed by atoms with Crippen molar-refractivity contribution in [3.63, 3.8) is 0 Å². The second kappa shape index (κ2) is 8.85. The summed E-state index contributed by atoms with van der Waals surface area (Å²) in [6, 6.07) is 0. The van der Waals surface area contributed by atoms with E-state index in [9.17, 15) is 13.2 Å². The average molecular weight is 417 g/mol. The molecule has 10 heteroatoms. The summed E-state index contributed by atoms with van der Waals surface area (Å²) in [7, 11) is 0. The van der Waals surface area contributed by atoms with Crippen molar-refractivity contribution in [3.05, 3.63) is 70.6 Å². The molecule has 0 aromatic heterocycles. The zero-order valence-corrected chi connectivity index (χ0v) is 16.0. The molecule has 7 nitrogen and oxygen atoms in total. The zero-order valence-electron chi connectivity index (χ0n) is 16.0. The minimum Gasteiger partial charge on any atom is -0.404 e. The lowest BCUT2D eigenvalue weighted by Crippen LogP contribution is -2.34. The molecule has 0 unspecified atom stereocenters. The molecule has 0 bridgehead atoms. The quantitative estimate of drug-likeness (QED) is 0.282. The summed E-state index contributed by atoms with van der Waals surface area (Å²) in [5.74, 6) is 1.07. The number of nitrogens with two attached hydrogens (primary N) is 1. The highest BCUT2D eigenvalue weighted by Crippen LogP contribution is 2.35. The molecule has 0 spiro atoms. The van der Waals surface area contributed by atoms with Crippen molar-refractivity contribution < 1.29 is 13.2 Å². The Hall–Kier alpha value is -3.56. The Morgan fingerprint density at radius 3 is 2.70 bits per heavy atom. The topological polar surface area (TPSA) is 122 Å². The molecule has 0 radical (unpaired) electrons. The standard InChI is InChI=1S/C20H22F3N7/c21-20(22,23)11-27-9-15(8-25)14-5-17-16(28-10-14)3-4-19(29-17)30-18(26)6-13(7-24)12-1-2-12/h3-10,12,24,28-29H,1-2,11,25H2,(H2,26,30). The van der Waals surface area contributed by atoms with Crippen LogP contribution < -0.4 is 21.7 Å². The number of nitrogens with one attached hydrogen (secondary N) is 5. The maximum atomic E-state index is 12.3. The van der Waals surface area contributed by atoms with Gasteiger partial charge in [0.1, 0.15) is 18.2 Å². The van der Waals surface area contributed by atoms with E-state index in [2.05, 4.69) is 20.9 Å². The van der Waals surface area contributed by atoms with Gasteiger partial charge < -0.3 is 27.1 Å². The molecule has 3 aliphatic rings. The van der Waals surface area contributed by atoms with Gasteiger partial charge in [0.15, 0.2) is 0 Å². The molecule has 158 valence electrons. The Kier molecular flexibility index (Phi) is 6.24. The second-order valence-corrected chi connectivity index (χ2v) is 6.90. The molecule has 0 aromatic carbocycles. The Morgan fingerprint density at radius 1 is 1.30 bits per heavy atom. The lowest BCUT2D eigenvalue weighted by molar-refractivity contribution is -0.118. The molecule has 1 aliphatic carbocycles. The van der Waals surface area contributed by atoms with Gasteiger partial charge in [0.25, 0.3) is 0 Å². The zero-order chi connectivity index (χ0) is 21.7. The number of alkyl halides is 3. The largest absolute Gasteiger partial charge is 0.407 e. The molecule has 0 atom stereocenters. The van der Waals surface area contributed by atoms with E-state index >= 15 is 0 Å². The van der Waals surface area contributed by atoms with Crippen molar-refractivity contribution in [2.75, 3.05) is 6.54 Å². The third-order valence-electron chi connectivity index (χ3n) is 4.47. The van der Waals surface area contributed by atoms with Gasteiger partial charge in [0.2, 0.25) is 0 Å². The van der Waals surface area contributed by atoms with Crippen LogP contribution in [-0.4, -0.2) is 31.0 Å². The summed E-state index contributed by atoms with van der Waals surface area (Å²) in [5, 5.41) is 24.7. The normalized spacial score (nSPS) is 19.6. The van der Waals surface area contributed by atoms with Gasteiger partial charge >= 0.3 is 6.18 Å². The number of allylic oxidation sites excluding steroid dienone is 6. The van der Waals surface area contributed by atoms with Gasteiger partial charge in [0, 0.05) is 36.0 Å². The van der Waals surface area contributed by atoms with Gasteiger partial charge in [-0.2, -0.15) is 13.2 Å². The number of hydrogen-bond acceptors (Lipinski definition) is 6. The summed E-state index contributed by atoms with van der Waals surface area (Å²) in [6.45, 7) is -1.28. The van der Waals surface area contributed by atoms with Crippen LogP contribution in [0.3, 0.4) is 0 Å². The van der Waals surface area contributed by atoms with Gasteiger partial charge in [-0.1, -0.05) is 0 Å². The van der Waals surface area contributed by atoms with Gasteiger partial charge in [-0.25, -0.2) is 0 Å². The molecule has 1 saturated carbocycles. The molecular weight excluding hydrogens is 395 g/mol. The number of amidine groups is 1. The Morgan fingerprint density at radius 2 is 2.07 bits per heavy atom. The highest BCUT2D eigenvalue weighted by molar-refractivity contribution is 5.97. The van der Waals surface area contributed by atoms with Gasteiger partial charge in [-0.05, 0) is 48.6 Å². The average Bonchev–Trinajstić information content (AvgIpc) is 3.53. The molecule has 0 saturated heterocycles. The molecule has 2 aliphatic heterocycles. The summed E-state index contributed by atoms with van der Waals surface area (Å²) in [5.41, 5.74) is 8.68. The number of aliphatic imine (C=N–C) groups is 1. The molecule has 0 amide bonds. The van der Waals surface area contributed by atoms with Crippen LogP contribution in [0.25, 0.3) is 0 Å². The molecule has 0 aromatic rings. The maximum absolute atomic E-state index is 12.3. The highest BCUT2D eigenvalue weighted by atomic mass is 19.4. The Balaban J connectivity index is 1.67. The summed E-state index contributed by atoms with van der Waals surface area (Å²) >= 11 is 0. The van der Waals surface area contributed by atoms with E-state index in [0.29, 0.717) is 28.6 Å². The molecule has 7 N–H and O–H groups in total.